The van der Waals surface area contributed by atoms with Crippen LogP contribution in [0.2, 0.25) is 0 Å². The summed E-state index contributed by atoms with van der Waals surface area (Å²) in [5.74, 6) is -1.01. The molecule has 0 aliphatic rings. The van der Waals surface area contributed by atoms with Crippen molar-refractivity contribution in [1.82, 2.24) is 0 Å². The van der Waals surface area contributed by atoms with Crippen LogP contribution in [-0.4, -0.2) is 34.6 Å². The molecule has 0 atom stereocenters. The zero-order valence-corrected chi connectivity index (χ0v) is 16.4. The quantitative estimate of drug-likeness (QED) is 0.568. The second kappa shape index (κ2) is 7.92. The van der Waals surface area contributed by atoms with Gasteiger partial charge in [-0.15, -0.1) is 0 Å². The lowest BCUT2D eigenvalue weighted by atomic mass is 10.1. The summed E-state index contributed by atoms with van der Waals surface area (Å²) in [4.78, 5) is 23.7. The van der Waals surface area contributed by atoms with E-state index in [-0.39, 0.29) is 10.5 Å². The Bertz CT molecular complexity index is 964. The van der Waals surface area contributed by atoms with Gasteiger partial charge in [0, 0.05) is 15.7 Å². The van der Waals surface area contributed by atoms with E-state index in [0.29, 0.717) is 32.4 Å². The van der Waals surface area contributed by atoms with Crippen molar-refractivity contribution in [3.05, 3.63) is 58.7 Å². The third-order valence-corrected chi connectivity index (χ3v) is 7.25. The first-order chi connectivity index (χ1) is 12.2. The fraction of sp³-hybridized carbons (Fsp3) is 0.222. The van der Waals surface area contributed by atoms with E-state index in [2.05, 4.69) is 9.47 Å². The average molecular weight is 394 g/mol. The van der Waals surface area contributed by atoms with Gasteiger partial charge in [0.05, 0.1) is 30.2 Å². The maximum absolute atomic E-state index is 12.8. The van der Waals surface area contributed by atoms with Crippen LogP contribution in [0.15, 0.2) is 46.2 Å². The molecule has 8 heteroatoms. The molecule has 0 saturated carbocycles. The van der Waals surface area contributed by atoms with Gasteiger partial charge in [-0.3, -0.25) is 0 Å². The van der Waals surface area contributed by atoms with Crippen molar-refractivity contribution in [1.29, 1.82) is 0 Å². The fourth-order valence-corrected chi connectivity index (χ4v) is 5.75. The molecule has 2 aromatic rings. The van der Waals surface area contributed by atoms with Crippen LogP contribution in [0.5, 0.6) is 0 Å². The lowest BCUT2D eigenvalue weighted by Gasteiger charge is -2.11. The van der Waals surface area contributed by atoms with E-state index < -0.39 is 20.8 Å². The van der Waals surface area contributed by atoms with Gasteiger partial charge in [0.1, 0.15) is 0 Å². The van der Waals surface area contributed by atoms with Crippen molar-refractivity contribution < 1.29 is 27.5 Å². The van der Waals surface area contributed by atoms with Crippen LogP contribution in [0.4, 0.5) is 0 Å². The second-order valence-electron chi connectivity index (χ2n) is 5.48. The smallest absolute Gasteiger partial charge is 0.337 e. The summed E-state index contributed by atoms with van der Waals surface area (Å²) >= 11 is 0. The highest BCUT2D eigenvalue weighted by atomic mass is 33.1. The van der Waals surface area contributed by atoms with E-state index >= 15 is 0 Å². The first-order valence-corrected chi connectivity index (χ1v) is 10.3. The number of benzene rings is 2. The van der Waals surface area contributed by atoms with Crippen molar-refractivity contribution in [3.63, 3.8) is 0 Å². The maximum Gasteiger partial charge on any atom is 0.337 e. The highest BCUT2D eigenvalue weighted by Gasteiger charge is 2.22. The predicted molar refractivity (Wildman–Crippen MR) is 98.1 cm³/mol. The summed E-state index contributed by atoms with van der Waals surface area (Å²) < 4.78 is 34.8. The number of methoxy groups -OCH3 is 2. The summed E-state index contributed by atoms with van der Waals surface area (Å²) in [7, 11) is -0.468. The number of carbonyl (C=O) groups excluding carboxylic acids is 2. The van der Waals surface area contributed by atoms with Crippen LogP contribution >= 0.6 is 10.8 Å². The van der Waals surface area contributed by atoms with Crippen LogP contribution in [0.3, 0.4) is 0 Å². The first-order valence-electron chi connectivity index (χ1n) is 7.52. The molecule has 6 nitrogen and oxygen atoms in total. The zero-order chi connectivity index (χ0) is 19.5. The molecule has 0 heterocycles. The highest BCUT2D eigenvalue weighted by molar-refractivity contribution is 8.72. The number of hydrogen-bond acceptors (Lipinski definition) is 7. The van der Waals surface area contributed by atoms with Crippen LogP contribution in [0.25, 0.3) is 0 Å². The van der Waals surface area contributed by atoms with Gasteiger partial charge in [0.15, 0.2) is 0 Å². The van der Waals surface area contributed by atoms with Crippen LogP contribution in [-0.2, 0) is 18.3 Å². The minimum atomic E-state index is -3.71. The monoisotopic (exact) mass is 394 g/mol. The van der Waals surface area contributed by atoms with Gasteiger partial charge in [-0.1, -0.05) is 0 Å². The van der Waals surface area contributed by atoms with E-state index in [1.54, 1.807) is 26.0 Å². The molecule has 2 rings (SSSR count). The molecule has 0 fully saturated rings. The third-order valence-electron chi connectivity index (χ3n) is 3.66. The Hall–Kier alpha value is -2.32. The molecule has 0 spiro atoms. The molecule has 0 aromatic heterocycles. The van der Waals surface area contributed by atoms with Gasteiger partial charge in [-0.2, -0.15) is 0 Å². The lowest BCUT2D eigenvalue weighted by Crippen LogP contribution is -2.05. The Kier molecular flexibility index (Phi) is 6.09. The fourth-order valence-electron chi connectivity index (χ4n) is 2.33. The molecule has 0 amide bonds. The van der Waals surface area contributed by atoms with Gasteiger partial charge in [0.2, 0.25) is 8.87 Å². The van der Waals surface area contributed by atoms with E-state index in [1.165, 1.54) is 38.5 Å². The molecule has 0 aliphatic heterocycles. The molecule has 0 aliphatic carbocycles. The van der Waals surface area contributed by atoms with Crippen molar-refractivity contribution in [2.75, 3.05) is 14.2 Å². The minimum absolute atomic E-state index is 0.117. The normalized spacial score (nSPS) is 11.1. The molecule has 0 unspecified atom stereocenters. The van der Waals surface area contributed by atoms with Gasteiger partial charge >= 0.3 is 11.9 Å². The van der Waals surface area contributed by atoms with E-state index in [9.17, 15) is 18.0 Å². The molecular formula is C18H18O6S2. The molecule has 2 aromatic carbocycles. The number of rotatable bonds is 5. The minimum Gasteiger partial charge on any atom is -0.465 e. The maximum atomic E-state index is 12.8. The van der Waals surface area contributed by atoms with Gasteiger partial charge in [0.25, 0.3) is 0 Å². The molecular weight excluding hydrogens is 376 g/mol. The SMILES string of the molecule is COC(=O)c1ccc(SS(=O)(=O)c2ccc(C(=O)OC)cc2C)c(C)c1. The summed E-state index contributed by atoms with van der Waals surface area (Å²) in [6.45, 7) is 3.34. The van der Waals surface area contributed by atoms with Gasteiger partial charge in [-0.25, -0.2) is 18.0 Å². The van der Waals surface area contributed by atoms with E-state index in [4.69, 9.17) is 0 Å². The van der Waals surface area contributed by atoms with Crippen molar-refractivity contribution >= 4 is 31.6 Å². The lowest BCUT2D eigenvalue weighted by molar-refractivity contribution is 0.0591. The Labute approximate surface area is 155 Å². The largest absolute Gasteiger partial charge is 0.465 e. The van der Waals surface area contributed by atoms with Crippen molar-refractivity contribution in [3.8, 4) is 0 Å². The first kappa shape index (κ1) is 20.0. The Morgan fingerprint density at radius 3 is 1.81 bits per heavy atom. The summed E-state index contributed by atoms with van der Waals surface area (Å²) in [5.41, 5.74) is 1.73. The zero-order valence-electron chi connectivity index (χ0n) is 14.7. The standard InChI is InChI=1S/C18H18O6S2/c1-11-9-13(17(19)23-3)5-7-15(11)25-26(21,22)16-8-6-14(10-12(16)2)18(20)24-4/h5-10H,1-4H3. The number of ether oxygens (including phenoxy) is 2. The van der Waals surface area contributed by atoms with Crippen molar-refractivity contribution in [2.45, 2.75) is 23.6 Å². The van der Waals surface area contributed by atoms with E-state index in [0.717, 1.165) is 0 Å². The Morgan fingerprint density at radius 1 is 0.846 bits per heavy atom. The predicted octanol–water partition coefficient (Wildman–Crippen LogP) is 3.36. The topological polar surface area (TPSA) is 86.7 Å². The molecule has 0 bridgehead atoms. The summed E-state index contributed by atoms with van der Waals surface area (Å²) in [5, 5.41) is 0. The second-order valence-corrected chi connectivity index (χ2v) is 9.25. The summed E-state index contributed by atoms with van der Waals surface area (Å²) in [6, 6.07) is 8.96. The number of esters is 2. The number of aryl methyl sites for hydroxylation is 2. The molecule has 138 valence electrons. The van der Waals surface area contributed by atoms with Crippen molar-refractivity contribution in [2.24, 2.45) is 0 Å². The Balaban J connectivity index is 2.34. The highest BCUT2D eigenvalue weighted by Crippen LogP contribution is 2.35. The van der Waals surface area contributed by atoms with E-state index in [1.807, 2.05) is 0 Å². The third kappa shape index (κ3) is 4.25. The van der Waals surface area contributed by atoms with Gasteiger partial charge in [-0.05, 0) is 61.4 Å². The number of carbonyl (C=O) groups is 2. The van der Waals surface area contributed by atoms with Crippen LogP contribution in [0, 0.1) is 13.8 Å². The molecule has 0 N–H and O–H groups in total. The molecule has 26 heavy (non-hydrogen) atoms. The van der Waals surface area contributed by atoms with Crippen LogP contribution in [0.1, 0.15) is 31.8 Å². The molecule has 0 radical (unpaired) electrons. The van der Waals surface area contributed by atoms with Gasteiger partial charge < -0.3 is 9.47 Å². The Morgan fingerprint density at radius 2 is 1.35 bits per heavy atom. The van der Waals surface area contributed by atoms with Crippen LogP contribution < -0.4 is 0 Å². The summed E-state index contributed by atoms with van der Waals surface area (Å²) in [6.07, 6.45) is 0. The molecule has 0 saturated heterocycles. The number of hydrogen-bond donors (Lipinski definition) is 0. The average Bonchev–Trinajstić information content (AvgIpc) is 2.61.